The van der Waals surface area contributed by atoms with E-state index in [1.54, 1.807) is 35.7 Å². The highest BCUT2D eigenvalue weighted by atomic mass is 35.5. The van der Waals surface area contributed by atoms with E-state index in [0.29, 0.717) is 21.3 Å². The van der Waals surface area contributed by atoms with Crippen molar-refractivity contribution in [3.05, 3.63) is 79.6 Å². The van der Waals surface area contributed by atoms with Crippen molar-refractivity contribution in [2.45, 2.75) is 11.7 Å². The fraction of sp³-hybridized carbons (Fsp3) is 0.111. The van der Waals surface area contributed by atoms with Crippen LogP contribution in [0.25, 0.3) is 11.3 Å². The van der Waals surface area contributed by atoms with Crippen molar-refractivity contribution >= 4 is 34.5 Å². The summed E-state index contributed by atoms with van der Waals surface area (Å²) < 4.78 is 5.65. The van der Waals surface area contributed by atoms with Crippen molar-refractivity contribution in [2.75, 3.05) is 0 Å². The fourth-order valence-corrected chi connectivity index (χ4v) is 4.08. The number of nitrogens with zero attached hydrogens (tertiary/aromatic N) is 2. The van der Waals surface area contributed by atoms with Gasteiger partial charge in [-0.2, -0.15) is 0 Å². The van der Waals surface area contributed by atoms with Crippen LogP contribution in [-0.2, 0) is 15.1 Å². The number of halogens is 1. The molecule has 1 amide bonds. The third-order valence-corrected chi connectivity index (χ3v) is 5.57. The van der Waals surface area contributed by atoms with Gasteiger partial charge in [-0.25, -0.2) is 4.98 Å². The van der Waals surface area contributed by atoms with E-state index >= 15 is 0 Å². The Kier molecular flexibility index (Phi) is 4.18. The summed E-state index contributed by atoms with van der Waals surface area (Å²) >= 11 is 7.12. The summed E-state index contributed by atoms with van der Waals surface area (Å²) in [5.41, 5.74) is 5.74. The first-order valence-corrected chi connectivity index (χ1v) is 9.12. The maximum atomic E-state index is 12.2. The number of hydrogen-bond donors (Lipinski definition) is 1. The molecule has 4 rings (SSSR count). The molecule has 136 valence electrons. The number of rotatable bonds is 5. The molecule has 1 aromatic heterocycles. The monoisotopic (exact) mass is 401 g/mol. The number of hydrogen-bond acceptors (Lipinski definition) is 6. The molecule has 0 saturated carbocycles. The second kappa shape index (κ2) is 6.41. The number of carbonyl (C=O) groups excluding carboxylic acids is 1. The molecule has 1 fully saturated rings. The molecule has 2 unspecified atom stereocenters. The zero-order valence-corrected chi connectivity index (χ0v) is 15.2. The van der Waals surface area contributed by atoms with E-state index in [2.05, 4.69) is 4.98 Å². The lowest BCUT2D eigenvalue weighted by atomic mass is 9.98. The van der Waals surface area contributed by atoms with Crippen molar-refractivity contribution in [3.8, 4) is 11.3 Å². The number of nitro groups is 1. The average molecular weight is 402 g/mol. The van der Waals surface area contributed by atoms with Gasteiger partial charge in [-0.15, -0.1) is 11.3 Å². The van der Waals surface area contributed by atoms with Crippen LogP contribution in [0.15, 0.2) is 53.9 Å². The van der Waals surface area contributed by atoms with Gasteiger partial charge in [-0.3, -0.25) is 14.9 Å². The highest BCUT2D eigenvalue weighted by Gasteiger charge is 2.67. The number of nitro benzene ring substituents is 1. The lowest BCUT2D eigenvalue weighted by molar-refractivity contribution is -0.385. The maximum absolute atomic E-state index is 12.2. The molecule has 1 saturated heterocycles. The van der Waals surface area contributed by atoms with Crippen LogP contribution >= 0.6 is 22.9 Å². The summed E-state index contributed by atoms with van der Waals surface area (Å²) in [7, 11) is 0. The molecule has 2 heterocycles. The molecule has 2 aromatic carbocycles. The van der Waals surface area contributed by atoms with E-state index in [9.17, 15) is 14.9 Å². The first kappa shape index (κ1) is 17.6. The standard InChI is InChI=1S/C18H12ClN3O4S/c19-11-7-5-10(6-8-11)13-9-27-17(21-13)18(16(20)23)15(26-18)12-3-1-2-4-14(12)22(24)25/h1-9,15H,(H2,20,23). The number of para-hydroxylation sites is 1. The molecular weight excluding hydrogens is 390 g/mol. The second-order valence-electron chi connectivity index (χ2n) is 5.96. The first-order chi connectivity index (χ1) is 12.9. The Labute approximate surface area is 162 Å². The Hall–Kier alpha value is -2.81. The summed E-state index contributed by atoms with van der Waals surface area (Å²) in [6.45, 7) is 0. The van der Waals surface area contributed by atoms with Gasteiger partial charge in [0.25, 0.3) is 11.6 Å². The van der Waals surface area contributed by atoms with E-state index in [1.165, 1.54) is 17.4 Å². The van der Waals surface area contributed by atoms with E-state index in [1.807, 2.05) is 12.1 Å². The van der Waals surface area contributed by atoms with Gasteiger partial charge in [0.15, 0.2) is 0 Å². The van der Waals surface area contributed by atoms with E-state index in [-0.39, 0.29) is 5.69 Å². The molecule has 2 atom stereocenters. The second-order valence-corrected chi connectivity index (χ2v) is 7.25. The van der Waals surface area contributed by atoms with Gasteiger partial charge in [-0.05, 0) is 18.2 Å². The largest absolute Gasteiger partial charge is 0.367 e. The predicted molar refractivity (Wildman–Crippen MR) is 100 cm³/mol. The van der Waals surface area contributed by atoms with E-state index in [4.69, 9.17) is 22.1 Å². The molecule has 9 heteroatoms. The van der Waals surface area contributed by atoms with Crippen LogP contribution in [0.1, 0.15) is 16.7 Å². The summed E-state index contributed by atoms with van der Waals surface area (Å²) in [5, 5.41) is 14.0. The summed E-state index contributed by atoms with van der Waals surface area (Å²) in [4.78, 5) is 27.5. The zero-order chi connectivity index (χ0) is 19.2. The van der Waals surface area contributed by atoms with Gasteiger partial charge in [0.2, 0.25) is 5.60 Å². The first-order valence-electron chi connectivity index (χ1n) is 7.86. The van der Waals surface area contributed by atoms with E-state index < -0.39 is 22.5 Å². The highest BCUT2D eigenvalue weighted by Crippen LogP contribution is 2.59. The zero-order valence-electron chi connectivity index (χ0n) is 13.7. The van der Waals surface area contributed by atoms with Crippen LogP contribution in [0.3, 0.4) is 0 Å². The molecule has 0 aliphatic carbocycles. The smallest absolute Gasteiger partial charge is 0.275 e. The van der Waals surface area contributed by atoms with Crippen LogP contribution in [0.5, 0.6) is 0 Å². The minimum Gasteiger partial charge on any atom is -0.367 e. The van der Waals surface area contributed by atoms with Crippen molar-refractivity contribution in [1.29, 1.82) is 0 Å². The molecule has 3 aromatic rings. The molecule has 1 aliphatic heterocycles. The van der Waals surface area contributed by atoms with Crippen LogP contribution in [0.2, 0.25) is 5.02 Å². The van der Waals surface area contributed by atoms with Gasteiger partial charge in [0, 0.05) is 22.0 Å². The van der Waals surface area contributed by atoms with Gasteiger partial charge in [0.05, 0.1) is 16.2 Å². The number of epoxide rings is 1. The Balaban J connectivity index is 1.73. The number of thiazole rings is 1. The Morgan fingerprint density at radius 1 is 1.26 bits per heavy atom. The summed E-state index contributed by atoms with van der Waals surface area (Å²) in [6.07, 6.45) is -0.846. The number of aromatic nitrogens is 1. The van der Waals surface area contributed by atoms with Crippen LogP contribution in [0, 0.1) is 10.1 Å². The van der Waals surface area contributed by atoms with Crippen LogP contribution in [0.4, 0.5) is 5.69 Å². The third kappa shape index (κ3) is 2.87. The number of carbonyl (C=O) groups is 1. The lowest BCUT2D eigenvalue weighted by Crippen LogP contribution is -2.30. The number of amides is 1. The third-order valence-electron chi connectivity index (χ3n) is 4.36. The van der Waals surface area contributed by atoms with Gasteiger partial charge in [-0.1, -0.05) is 35.9 Å². The highest BCUT2D eigenvalue weighted by molar-refractivity contribution is 7.10. The van der Waals surface area contributed by atoms with Crippen molar-refractivity contribution in [2.24, 2.45) is 5.73 Å². The van der Waals surface area contributed by atoms with E-state index in [0.717, 1.165) is 5.56 Å². The number of nitrogens with two attached hydrogens (primary N) is 1. The molecule has 0 bridgehead atoms. The number of ether oxygens (including phenoxy) is 1. The molecule has 7 nitrogen and oxygen atoms in total. The van der Waals surface area contributed by atoms with Crippen molar-refractivity contribution in [1.82, 2.24) is 4.98 Å². The van der Waals surface area contributed by atoms with Crippen molar-refractivity contribution in [3.63, 3.8) is 0 Å². The molecule has 0 spiro atoms. The molecule has 2 N–H and O–H groups in total. The Bertz CT molecular complexity index is 1050. The van der Waals surface area contributed by atoms with Crippen molar-refractivity contribution < 1.29 is 14.5 Å². The minimum atomic E-state index is -1.50. The molecule has 27 heavy (non-hydrogen) atoms. The topological polar surface area (TPSA) is 112 Å². The number of primary amides is 1. The quantitative estimate of drug-likeness (QED) is 0.396. The Morgan fingerprint density at radius 3 is 2.63 bits per heavy atom. The Morgan fingerprint density at radius 2 is 1.96 bits per heavy atom. The average Bonchev–Trinajstić information content (AvgIpc) is 3.23. The van der Waals surface area contributed by atoms with Crippen LogP contribution in [-0.4, -0.2) is 15.8 Å². The molecule has 0 radical (unpaired) electrons. The van der Waals surface area contributed by atoms with Gasteiger partial charge < -0.3 is 10.5 Å². The SMILES string of the molecule is NC(=O)C1(c2nc(-c3ccc(Cl)cc3)cs2)OC1c1ccccc1[N+](=O)[O-]. The predicted octanol–water partition coefficient (Wildman–Crippen LogP) is 3.82. The van der Waals surface area contributed by atoms with Crippen LogP contribution < -0.4 is 5.73 Å². The normalized spacial score (nSPS) is 21.0. The summed E-state index contributed by atoms with van der Waals surface area (Å²) in [6, 6.07) is 13.2. The molecule has 1 aliphatic rings. The maximum Gasteiger partial charge on any atom is 0.275 e. The van der Waals surface area contributed by atoms with Gasteiger partial charge >= 0.3 is 0 Å². The number of benzene rings is 2. The van der Waals surface area contributed by atoms with Gasteiger partial charge in [0.1, 0.15) is 11.1 Å². The minimum absolute atomic E-state index is 0.125. The fourth-order valence-electron chi connectivity index (χ4n) is 2.96. The lowest BCUT2D eigenvalue weighted by Gasteiger charge is -2.06. The molecular formula is C18H12ClN3O4S. The summed E-state index contributed by atoms with van der Waals surface area (Å²) in [5.74, 6) is -0.734.